The summed E-state index contributed by atoms with van der Waals surface area (Å²) in [6.45, 7) is 1.61. The number of benzene rings is 3. The Labute approximate surface area is 202 Å². The molecule has 176 valence electrons. The van der Waals surface area contributed by atoms with Crippen LogP contribution in [0.5, 0.6) is 0 Å². The van der Waals surface area contributed by atoms with Gasteiger partial charge in [-0.05, 0) is 61.0 Å². The van der Waals surface area contributed by atoms with E-state index in [0.29, 0.717) is 33.5 Å². The van der Waals surface area contributed by atoms with Crippen LogP contribution in [-0.4, -0.2) is 16.2 Å². The topological polar surface area (TPSA) is 71.3 Å². The van der Waals surface area contributed by atoms with Gasteiger partial charge in [-0.25, -0.2) is 18.0 Å². The van der Waals surface area contributed by atoms with E-state index >= 15 is 0 Å². The number of carbonyl (C=O) groups excluding carboxylic acids is 1. The normalized spacial score (nSPS) is 16.0. The first-order chi connectivity index (χ1) is 16.8. The minimum Gasteiger partial charge on any atom is -0.334 e. The molecule has 0 spiro atoms. The standard InChI is InChI=1S/C25H16ClF3N4O2/c1-13-21(24-31-23(32-35-24)14-5-7-17(27)8-6-14)22(15-3-2-4-16(26)9-15)30-25(34)33(13)20-11-18(28)10-19(29)12-20/h2-12,22H,1H3,(H,30,34). The second-order valence-corrected chi connectivity index (χ2v) is 8.27. The lowest BCUT2D eigenvalue weighted by Gasteiger charge is -2.35. The van der Waals surface area contributed by atoms with E-state index in [1.54, 1.807) is 31.2 Å². The highest BCUT2D eigenvalue weighted by Gasteiger charge is 2.37. The summed E-state index contributed by atoms with van der Waals surface area (Å²) in [5.74, 6) is -1.82. The van der Waals surface area contributed by atoms with Crippen molar-refractivity contribution in [2.75, 3.05) is 4.90 Å². The van der Waals surface area contributed by atoms with Crippen molar-refractivity contribution in [2.45, 2.75) is 13.0 Å². The first kappa shape index (κ1) is 22.7. The molecule has 4 aromatic rings. The molecule has 6 nitrogen and oxygen atoms in total. The molecule has 0 bridgehead atoms. The third-order valence-corrected chi connectivity index (χ3v) is 5.77. The van der Waals surface area contributed by atoms with Gasteiger partial charge in [-0.3, -0.25) is 4.90 Å². The second-order valence-electron chi connectivity index (χ2n) is 7.83. The average molecular weight is 497 g/mol. The number of carbonyl (C=O) groups is 1. The minimum absolute atomic E-state index is 0.0159. The Morgan fingerprint density at radius 3 is 2.37 bits per heavy atom. The van der Waals surface area contributed by atoms with Gasteiger partial charge in [0.2, 0.25) is 5.82 Å². The van der Waals surface area contributed by atoms with E-state index in [1.807, 2.05) is 0 Å². The molecular formula is C25H16ClF3N4O2. The van der Waals surface area contributed by atoms with Crippen LogP contribution in [0.1, 0.15) is 24.4 Å². The van der Waals surface area contributed by atoms with Gasteiger partial charge in [-0.2, -0.15) is 4.98 Å². The first-order valence-electron chi connectivity index (χ1n) is 10.4. The highest BCUT2D eigenvalue weighted by molar-refractivity contribution is 6.30. The number of anilines is 1. The summed E-state index contributed by atoms with van der Waals surface area (Å²) in [6, 6.07) is 13.8. The number of amides is 2. The van der Waals surface area contributed by atoms with Gasteiger partial charge in [0, 0.05) is 22.3 Å². The Morgan fingerprint density at radius 2 is 1.69 bits per heavy atom. The monoisotopic (exact) mass is 496 g/mol. The van der Waals surface area contributed by atoms with E-state index in [1.165, 1.54) is 24.3 Å². The highest BCUT2D eigenvalue weighted by atomic mass is 35.5. The number of aromatic nitrogens is 2. The Kier molecular flexibility index (Phi) is 5.78. The van der Waals surface area contributed by atoms with Gasteiger partial charge in [-0.15, -0.1) is 0 Å². The van der Waals surface area contributed by atoms with Crippen LogP contribution in [0.2, 0.25) is 5.02 Å². The third-order valence-electron chi connectivity index (χ3n) is 5.53. The van der Waals surface area contributed by atoms with Crippen molar-refractivity contribution in [3.05, 3.63) is 106 Å². The number of nitrogens with one attached hydrogen (secondary N) is 1. The number of hydrogen-bond acceptors (Lipinski definition) is 4. The Hall–Kier alpha value is -4.11. The van der Waals surface area contributed by atoms with Gasteiger partial charge in [0.1, 0.15) is 17.5 Å². The van der Waals surface area contributed by atoms with E-state index in [4.69, 9.17) is 16.1 Å². The van der Waals surface area contributed by atoms with Gasteiger partial charge in [-0.1, -0.05) is 28.9 Å². The molecule has 3 aromatic carbocycles. The molecule has 1 aliphatic heterocycles. The Balaban J connectivity index is 1.67. The van der Waals surface area contributed by atoms with E-state index in [0.717, 1.165) is 17.0 Å². The predicted molar refractivity (Wildman–Crippen MR) is 124 cm³/mol. The highest BCUT2D eigenvalue weighted by Crippen LogP contribution is 2.39. The zero-order valence-corrected chi connectivity index (χ0v) is 18.9. The molecule has 0 radical (unpaired) electrons. The van der Waals surface area contributed by atoms with E-state index in [-0.39, 0.29) is 17.4 Å². The molecule has 0 aliphatic carbocycles. The number of halogens is 4. The molecule has 1 aromatic heterocycles. The molecule has 1 atom stereocenters. The quantitative estimate of drug-likeness (QED) is 0.349. The fourth-order valence-electron chi connectivity index (χ4n) is 3.98. The molecule has 0 saturated carbocycles. The van der Waals surface area contributed by atoms with Crippen LogP contribution >= 0.6 is 11.6 Å². The summed E-state index contributed by atoms with van der Waals surface area (Å²) in [7, 11) is 0. The molecule has 1 unspecified atom stereocenters. The number of rotatable bonds is 4. The molecule has 1 aliphatic rings. The fourth-order valence-corrected chi connectivity index (χ4v) is 4.18. The lowest BCUT2D eigenvalue weighted by atomic mass is 9.94. The summed E-state index contributed by atoms with van der Waals surface area (Å²) in [6.07, 6.45) is 0. The summed E-state index contributed by atoms with van der Waals surface area (Å²) in [4.78, 5) is 18.7. The Bertz CT molecular complexity index is 1450. The zero-order valence-electron chi connectivity index (χ0n) is 18.1. The molecule has 35 heavy (non-hydrogen) atoms. The molecule has 0 fully saturated rings. The van der Waals surface area contributed by atoms with Crippen LogP contribution in [0, 0.1) is 17.5 Å². The lowest BCUT2D eigenvalue weighted by molar-refractivity contribution is 0.244. The summed E-state index contributed by atoms with van der Waals surface area (Å²) in [5, 5.41) is 7.27. The lowest BCUT2D eigenvalue weighted by Crippen LogP contribution is -2.46. The van der Waals surface area contributed by atoms with E-state index in [2.05, 4.69) is 15.5 Å². The smallest absolute Gasteiger partial charge is 0.327 e. The van der Waals surface area contributed by atoms with Gasteiger partial charge in [0.25, 0.3) is 5.89 Å². The van der Waals surface area contributed by atoms with Crippen LogP contribution in [-0.2, 0) is 0 Å². The molecular weight excluding hydrogens is 481 g/mol. The number of hydrogen-bond donors (Lipinski definition) is 1. The molecule has 2 heterocycles. The minimum atomic E-state index is -0.837. The van der Waals surface area contributed by atoms with Gasteiger partial charge < -0.3 is 9.84 Å². The summed E-state index contributed by atoms with van der Waals surface area (Å²) in [5.41, 5.74) is 1.85. The van der Waals surface area contributed by atoms with Crippen LogP contribution in [0.4, 0.5) is 23.7 Å². The van der Waals surface area contributed by atoms with Crippen molar-refractivity contribution in [2.24, 2.45) is 0 Å². The zero-order chi connectivity index (χ0) is 24.7. The van der Waals surface area contributed by atoms with Crippen molar-refractivity contribution in [1.29, 1.82) is 0 Å². The van der Waals surface area contributed by atoms with Crippen molar-refractivity contribution >= 4 is 28.9 Å². The van der Waals surface area contributed by atoms with Crippen LogP contribution < -0.4 is 10.2 Å². The second kappa shape index (κ2) is 8.92. The first-order valence-corrected chi connectivity index (χ1v) is 10.8. The number of urea groups is 1. The molecule has 0 saturated heterocycles. The predicted octanol–water partition coefficient (Wildman–Crippen LogP) is 6.51. The maximum absolute atomic E-state index is 14.0. The fraction of sp³-hybridized carbons (Fsp3) is 0.0800. The summed E-state index contributed by atoms with van der Waals surface area (Å²) >= 11 is 6.18. The van der Waals surface area contributed by atoms with E-state index in [9.17, 15) is 18.0 Å². The summed E-state index contributed by atoms with van der Waals surface area (Å²) < 4.78 is 46.8. The van der Waals surface area contributed by atoms with Gasteiger partial charge in [0.05, 0.1) is 17.3 Å². The molecule has 2 amide bonds. The molecule has 10 heteroatoms. The van der Waals surface area contributed by atoms with E-state index < -0.39 is 29.5 Å². The van der Waals surface area contributed by atoms with Crippen LogP contribution in [0.3, 0.4) is 0 Å². The van der Waals surface area contributed by atoms with Crippen LogP contribution in [0.15, 0.2) is 77.0 Å². The van der Waals surface area contributed by atoms with Gasteiger partial charge >= 0.3 is 6.03 Å². The maximum Gasteiger partial charge on any atom is 0.327 e. The molecule has 5 rings (SSSR count). The number of allylic oxidation sites excluding steroid dienone is 1. The SMILES string of the molecule is CC1=C(c2nc(-c3ccc(F)cc3)no2)C(c2cccc(Cl)c2)NC(=O)N1c1cc(F)cc(F)c1. The van der Waals surface area contributed by atoms with Crippen molar-refractivity contribution in [3.8, 4) is 11.4 Å². The Morgan fingerprint density at radius 1 is 0.971 bits per heavy atom. The molecule has 1 N–H and O–H groups in total. The largest absolute Gasteiger partial charge is 0.334 e. The third kappa shape index (κ3) is 4.38. The van der Waals surface area contributed by atoms with Crippen LogP contribution in [0.25, 0.3) is 17.0 Å². The van der Waals surface area contributed by atoms with Crippen molar-refractivity contribution in [1.82, 2.24) is 15.5 Å². The maximum atomic E-state index is 14.0. The number of nitrogens with zero attached hydrogens (tertiary/aromatic N) is 3. The van der Waals surface area contributed by atoms with Crippen molar-refractivity contribution < 1.29 is 22.5 Å². The average Bonchev–Trinajstić information content (AvgIpc) is 3.28. The van der Waals surface area contributed by atoms with Gasteiger partial charge in [0.15, 0.2) is 0 Å². The van der Waals surface area contributed by atoms with Crippen molar-refractivity contribution in [3.63, 3.8) is 0 Å².